The van der Waals surface area contributed by atoms with Gasteiger partial charge in [-0.1, -0.05) is 30.7 Å². The summed E-state index contributed by atoms with van der Waals surface area (Å²) in [5.41, 5.74) is -0.614. The molecule has 35 heavy (non-hydrogen) atoms. The summed E-state index contributed by atoms with van der Waals surface area (Å²) in [7, 11) is 0. The van der Waals surface area contributed by atoms with Crippen LogP contribution in [0.4, 0.5) is 11.4 Å². The molecule has 1 heterocycles. The summed E-state index contributed by atoms with van der Waals surface area (Å²) < 4.78 is 0. The fourth-order valence-corrected chi connectivity index (χ4v) is 4.65. The number of carbonyl (C=O) groups excluding carboxylic acids is 3. The van der Waals surface area contributed by atoms with E-state index in [4.69, 9.17) is 11.6 Å². The molecule has 0 aromatic heterocycles. The molecule has 1 aliphatic heterocycles. The van der Waals surface area contributed by atoms with E-state index in [1.165, 1.54) is 24.3 Å². The number of nitro benzene ring substituents is 2. The maximum atomic E-state index is 13.5. The molecule has 0 N–H and O–H groups in total. The summed E-state index contributed by atoms with van der Waals surface area (Å²) >= 11 is 5.90. The Kier molecular flexibility index (Phi) is 6.35. The lowest BCUT2D eigenvalue weighted by atomic mass is 9.78. The van der Waals surface area contributed by atoms with Crippen LogP contribution in [-0.2, 0) is 16.1 Å². The van der Waals surface area contributed by atoms with Gasteiger partial charge in [-0.2, -0.15) is 5.01 Å². The van der Waals surface area contributed by atoms with E-state index >= 15 is 0 Å². The van der Waals surface area contributed by atoms with Crippen LogP contribution < -0.4 is 0 Å². The fraction of sp³-hybridized carbons (Fsp3) is 0.261. The van der Waals surface area contributed by atoms with Gasteiger partial charge in [0.1, 0.15) is 0 Å². The highest BCUT2D eigenvalue weighted by atomic mass is 35.5. The molecule has 0 unspecified atom stereocenters. The number of halogens is 1. The van der Waals surface area contributed by atoms with Gasteiger partial charge in [0.05, 0.1) is 33.8 Å². The zero-order valence-electron chi connectivity index (χ0n) is 18.4. The topological polar surface area (TPSA) is 144 Å². The van der Waals surface area contributed by atoms with Crippen molar-refractivity contribution in [1.29, 1.82) is 0 Å². The minimum atomic E-state index is -0.815. The van der Waals surface area contributed by atoms with Crippen molar-refractivity contribution in [2.24, 2.45) is 17.8 Å². The van der Waals surface area contributed by atoms with Gasteiger partial charge in [-0.15, -0.1) is 0 Å². The van der Waals surface area contributed by atoms with Crippen LogP contribution in [0.15, 0.2) is 54.6 Å². The molecular weight excluding hydrogens is 480 g/mol. The molecule has 0 spiro atoms. The van der Waals surface area contributed by atoms with Crippen LogP contribution in [0.3, 0.4) is 0 Å². The van der Waals surface area contributed by atoms with Crippen molar-refractivity contribution in [3.8, 4) is 0 Å². The first-order chi connectivity index (χ1) is 16.6. The molecule has 0 bridgehead atoms. The number of hydrogen-bond acceptors (Lipinski definition) is 7. The average Bonchev–Trinajstić information content (AvgIpc) is 3.08. The lowest BCUT2D eigenvalue weighted by molar-refractivity contribution is -0.385. The number of benzene rings is 2. The number of imide groups is 1. The van der Waals surface area contributed by atoms with Crippen LogP contribution in [0.25, 0.3) is 0 Å². The Hall–Kier alpha value is -4.12. The Morgan fingerprint density at radius 1 is 1.09 bits per heavy atom. The van der Waals surface area contributed by atoms with Gasteiger partial charge in [0.25, 0.3) is 29.1 Å². The molecule has 180 valence electrons. The number of allylic oxidation sites excluding steroid dienone is 2. The maximum Gasteiger partial charge on any atom is 0.275 e. The van der Waals surface area contributed by atoms with Crippen LogP contribution in [0.2, 0.25) is 5.02 Å². The van der Waals surface area contributed by atoms with Gasteiger partial charge in [0.15, 0.2) is 0 Å². The number of hydrazine groups is 1. The van der Waals surface area contributed by atoms with Gasteiger partial charge in [-0.25, -0.2) is 5.01 Å². The zero-order valence-corrected chi connectivity index (χ0v) is 19.1. The molecule has 11 nitrogen and oxygen atoms in total. The first-order valence-corrected chi connectivity index (χ1v) is 11.0. The monoisotopic (exact) mass is 498 g/mol. The number of amides is 3. The highest BCUT2D eigenvalue weighted by Gasteiger charge is 2.53. The van der Waals surface area contributed by atoms with E-state index in [1.54, 1.807) is 6.92 Å². The van der Waals surface area contributed by atoms with Crippen molar-refractivity contribution in [2.75, 3.05) is 0 Å². The van der Waals surface area contributed by atoms with Gasteiger partial charge in [-0.05, 0) is 36.6 Å². The second kappa shape index (κ2) is 9.26. The molecular formula is C23H19ClN4O7. The minimum Gasteiger partial charge on any atom is -0.272 e. The number of hydrogen-bond donors (Lipinski definition) is 0. The number of rotatable bonds is 6. The lowest BCUT2D eigenvalue weighted by Crippen LogP contribution is -2.50. The number of non-ortho nitro benzene ring substituents is 1. The quantitative estimate of drug-likeness (QED) is 0.254. The van der Waals surface area contributed by atoms with E-state index in [0.29, 0.717) is 6.42 Å². The van der Waals surface area contributed by atoms with Gasteiger partial charge in [0, 0.05) is 28.8 Å². The summed E-state index contributed by atoms with van der Waals surface area (Å²) in [6, 6.07) is 8.50. The molecule has 3 amide bonds. The van der Waals surface area contributed by atoms with Crippen molar-refractivity contribution < 1.29 is 24.2 Å². The molecule has 1 saturated heterocycles. The Labute approximate surface area is 203 Å². The highest BCUT2D eigenvalue weighted by molar-refractivity contribution is 6.30. The van der Waals surface area contributed by atoms with E-state index in [2.05, 4.69) is 0 Å². The summed E-state index contributed by atoms with van der Waals surface area (Å²) in [5.74, 6) is -3.54. The van der Waals surface area contributed by atoms with Crippen LogP contribution >= 0.6 is 11.6 Å². The lowest BCUT2D eigenvalue weighted by Gasteiger charge is -2.30. The molecule has 2 aromatic carbocycles. The predicted octanol–water partition coefficient (Wildman–Crippen LogP) is 3.91. The number of nitrogens with zero attached hydrogens (tertiary/aromatic N) is 4. The fourth-order valence-electron chi connectivity index (χ4n) is 4.48. The van der Waals surface area contributed by atoms with E-state index < -0.39 is 45.9 Å². The third-order valence-electron chi connectivity index (χ3n) is 6.21. The maximum absolute atomic E-state index is 13.5. The molecule has 3 atom stereocenters. The summed E-state index contributed by atoms with van der Waals surface area (Å²) in [6.45, 7) is 1.33. The van der Waals surface area contributed by atoms with Crippen LogP contribution in [0.5, 0.6) is 0 Å². The molecule has 0 saturated carbocycles. The Morgan fingerprint density at radius 2 is 1.77 bits per heavy atom. The second-order valence-electron chi connectivity index (χ2n) is 8.34. The summed E-state index contributed by atoms with van der Waals surface area (Å²) in [4.78, 5) is 61.5. The Bertz CT molecular complexity index is 1280. The minimum absolute atomic E-state index is 0.0335. The summed E-state index contributed by atoms with van der Waals surface area (Å²) in [5, 5.41) is 24.3. The standard InChI is InChI=1S/C23H19ClN4O7/c1-13-3-2-4-18-20(13)23(31)26(22(18)30)25(12-15-5-8-16(24)11-19(15)28(34)35)21(29)14-6-9-17(10-7-14)27(32)33/h2-3,5-11,13,18,20H,4,12H2,1H3/t13-,18-,20+/m1/s1. The normalized spacial score (nSPS) is 21.1. The van der Waals surface area contributed by atoms with Crippen molar-refractivity contribution in [2.45, 2.75) is 19.9 Å². The molecule has 1 fully saturated rings. The third kappa shape index (κ3) is 4.37. The molecule has 2 aliphatic rings. The average molecular weight is 499 g/mol. The molecule has 1 aliphatic carbocycles. The summed E-state index contributed by atoms with van der Waals surface area (Å²) in [6.07, 6.45) is 3.98. The van der Waals surface area contributed by atoms with Gasteiger partial charge in [0.2, 0.25) is 0 Å². The molecule has 0 radical (unpaired) electrons. The predicted molar refractivity (Wildman–Crippen MR) is 123 cm³/mol. The van der Waals surface area contributed by atoms with E-state index in [-0.39, 0.29) is 33.4 Å². The van der Waals surface area contributed by atoms with E-state index in [9.17, 15) is 34.6 Å². The largest absolute Gasteiger partial charge is 0.275 e. The second-order valence-corrected chi connectivity index (χ2v) is 8.78. The van der Waals surface area contributed by atoms with E-state index in [0.717, 1.165) is 28.2 Å². The van der Waals surface area contributed by atoms with Gasteiger partial charge < -0.3 is 0 Å². The van der Waals surface area contributed by atoms with Crippen LogP contribution in [0, 0.1) is 38.0 Å². The molecule has 12 heteroatoms. The smallest absolute Gasteiger partial charge is 0.272 e. The third-order valence-corrected chi connectivity index (χ3v) is 6.45. The zero-order chi connectivity index (χ0) is 25.4. The molecule has 4 rings (SSSR count). The first-order valence-electron chi connectivity index (χ1n) is 10.6. The Morgan fingerprint density at radius 3 is 2.37 bits per heavy atom. The van der Waals surface area contributed by atoms with Crippen molar-refractivity contribution >= 4 is 40.7 Å². The van der Waals surface area contributed by atoms with Gasteiger partial charge in [-0.3, -0.25) is 34.6 Å². The van der Waals surface area contributed by atoms with E-state index in [1.807, 2.05) is 12.2 Å². The Balaban J connectivity index is 1.78. The van der Waals surface area contributed by atoms with Crippen LogP contribution in [0.1, 0.15) is 29.3 Å². The van der Waals surface area contributed by atoms with Crippen LogP contribution in [-0.4, -0.2) is 37.6 Å². The highest BCUT2D eigenvalue weighted by Crippen LogP contribution is 2.40. The van der Waals surface area contributed by atoms with Crippen molar-refractivity contribution in [1.82, 2.24) is 10.0 Å². The number of nitro groups is 2. The number of fused-ring (bicyclic) bond motifs is 1. The molecule has 2 aromatic rings. The van der Waals surface area contributed by atoms with Gasteiger partial charge >= 0.3 is 0 Å². The number of carbonyl (C=O) groups is 3. The SMILES string of the molecule is C[C@@H]1C=CC[C@H]2C(=O)N(N(Cc3ccc(Cl)cc3[N+](=O)[O-])C(=O)c3ccc([N+](=O)[O-])cc3)C(=O)[C@@H]12. The van der Waals surface area contributed by atoms with Crippen molar-refractivity contribution in [3.63, 3.8) is 0 Å². The first kappa shape index (κ1) is 24.0. The van der Waals surface area contributed by atoms with Crippen molar-refractivity contribution in [3.05, 3.63) is 91.0 Å².